The number of hydrogen-bond donors (Lipinski definition) is 3. The van der Waals surface area contributed by atoms with E-state index >= 15 is 0 Å². The molecule has 2 atom stereocenters. The second-order valence-electron chi connectivity index (χ2n) is 10.7. The SMILES string of the molecule is CC(CC(N)C=O)CN1CCN(c2ccc(Nc3ncc4ccc(O)c(C5CCCC5)c4n3)cc2)CC1. The molecule has 1 aromatic heterocycles. The summed E-state index contributed by atoms with van der Waals surface area (Å²) in [5, 5.41) is 14.9. The highest BCUT2D eigenvalue weighted by molar-refractivity contribution is 5.85. The van der Waals surface area contributed by atoms with Gasteiger partial charge >= 0.3 is 0 Å². The van der Waals surface area contributed by atoms with Gasteiger partial charge in [0, 0.05) is 61.2 Å². The van der Waals surface area contributed by atoms with Crippen molar-refractivity contribution < 1.29 is 9.90 Å². The van der Waals surface area contributed by atoms with Gasteiger partial charge in [-0.05, 0) is 67.5 Å². The van der Waals surface area contributed by atoms with E-state index in [4.69, 9.17) is 10.7 Å². The van der Waals surface area contributed by atoms with Crippen LogP contribution in [0, 0.1) is 5.92 Å². The Bertz CT molecular complexity index is 1200. The highest BCUT2D eigenvalue weighted by atomic mass is 16.3. The van der Waals surface area contributed by atoms with Gasteiger partial charge in [0.2, 0.25) is 5.95 Å². The monoisotopic (exact) mass is 502 g/mol. The highest BCUT2D eigenvalue weighted by Crippen LogP contribution is 2.41. The number of aromatic nitrogens is 2. The topological polar surface area (TPSA) is 108 Å². The number of fused-ring (bicyclic) bond motifs is 1. The summed E-state index contributed by atoms with van der Waals surface area (Å²) in [5.74, 6) is 1.66. The normalized spacial score (nSPS) is 18.7. The lowest BCUT2D eigenvalue weighted by Gasteiger charge is -2.37. The number of piperazine rings is 1. The van der Waals surface area contributed by atoms with Crippen molar-refractivity contribution in [3.05, 3.63) is 48.2 Å². The van der Waals surface area contributed by atoms with Gasteiger partial charge in [-0.3, -0.25) is 4.90 Å². The van der Waals surface area contributed by atoms with Crippen molar-refractivity contribution in [1.82, 2.24) is 14.9 Å². The molecule has 196 valence electrons. The molecular formula is C29H38N6O2. The summed E-state index contributed by atoms with van der Waals surface area (Å²) in [4.78, 5) is 25.0. The molecule has 37 heavy (non-hydrogen) atoms. The van der Waals surface area contributed by atoms with Crippen LogP contribution in [0.5, 0.6) is 5.75 Å². The fraction of sp³-hybridized carbons (Fsp3) is 0.483. The third-order valence-electron chi connectivity index (χ3n) is 7.81. The molecule has 8 nitrogen and oxygen atoms in total. The number of phenols is 1. The number of benzene rings is 2. The molecule has 5 rings (SSSR count). The van der Waals surface area contributed by atoms with Crippen LogP contribution >= 0.6 is 0 Å². The summed E-state index contributed by atoms with van der Waals surface area (Å²) >= 11 is 0. The minimum atomic E-state index is -0.357. The van der Waals surface area contributed by atoms with E-state index in [0.29, 0.717) is 23.5 Å². The summed E-state index contributed by atoms with van der Waals surface area (Å²) in [5.41, 5.74) is 9.74. The minimum absolute atomic E-state index is 0.340. The van der Waals surface area contributed by atoms with Gasteiger partial charge in [0.05, 0.1) is 11.6 Å². The van der Waals surface area contributed by atoms with Crippen molar-refractivity contribution in [2.24, 2.45) is 11.7 Å². The molecule has 1 saturated heterocycles. The predicted molar refractivity (Wildman–Crippen MR) is 149 cm³/mol. The Kier molecular flexibility index (Phi) is 7.86. The zero-order chi connectivity index (χ0) is 25.8. The molecule has 2 aliphatic rings. The number of aromatic hydroxyl groups is 1. The number of nitrogens with two attached hydrogens (primary N) is 1. The number of carbonyl (C=O) groups excluding carboxylic acids is 1. The van der Waals surface area contributed by atoms with Crippen molar-refractivity contribution in [3.8, 4) is 5.75 Å². The summed E-state index contributed by atoms with van der Waals surface area (Å²) in [6.07, 6.45) is 8.02. The Morgan fingerprint density at radius 1 is 1.11 bits per heavy atom. The molecule has 0 amide bonds. The maximum absolute atomic E-state index is 10.8. The van der Waals surface area contributed by atoms with Crippen LogP contribution in [0.3, 0.4) is 0 Å². The smallest absolute Gasteiger partial charge is 0.227 e. The number of rotatable bonds is 9. The van der Waals surface area contributed by atoms with Crippen molar-refractivity contribution in [1.29, 1.82) is 0 Å². The number of phenolic OH excluding ortho intramolecular Hbond substituents is 1. The van der Waals surface area contributed by atoms with E-state index in [1.807, 2.05) is 12.3 Å². The molecule has 0 spiro atoms. The van der Waals surface area contributed by atoms with Crippen LogP contribution in [0.1, 0.15) is 50.5 Å². The van der Waals surface area contributed by atoms with Crippen molar-refractivity contribution in [2.75, 3.05) is 42.9 Å². The first kappa shape index (κ1) is 25.4. The first-order valence-corrected chi connectivity index (χ1v) is 13.5. The van der Waals surface area contributed by atoms with Gasteiger partial charge < -0.3 is 25.9 Å². The van der Waals surface area contributed by atoms with Gasteiger partial charge in [0.1, 0.15) is 12.0 Å². The standard InChI is InChI=1S/C29H38N6O2/c1-20(16-23(30)19-36)18-34-12-14-35(15-13-34)25-9-7-24(8-10-25)32-29-31-17-22-6-11-26(37)27(28(22)33-29)21-4-2-3-5-21/h6-11,17,19-21,23,37H,2-5,12-16,18,30H2,1H3,(H,31,32,33). The molecule has 1 saturated carbocycles. The van der Waals surface area contributed by atoms with Crippen LogP contribution in [0.4, 0.5) is 17.3 Å². The first-order valence-electron chi connectivity index (χ1n) is 13.5. The lowest BCUT2D eigenvalue weighted by Crippen LogP contribution is -2.48. The van der Waals surface area contributed by atoms with Crippen LogP contribution in [0.2, 0.25) is 0 Å². The predicted octanol–water partition coefficient (Wildman–Crippen LogP) is 4.41. The summed E-state index contributed by atoms with van der Waals surface area (Å²) in [6, 6.07) is 11.7. The van der Waals surface area contributed by atoms with E-state index in [-0.39, 0.29) is 6.04 Å². The number of carbonyl (C=O) groups is 1. The molecule has 3 aromatic rings. The first-order chi connectivity index (χ1) is 18.0. The van der Waals surface area contributed by atoms with E-state index in [2.05, 4.69) is 51.3 Å². The Morgan fingerprint density at radius 3 is 2.54 bits per heavy atom. The maximum Gasteiger partial charge on any atom is 0.227 e. The Morgan fingerprint density at radius 2 is 1.84 bits per heavy atom. The lowest BCUT2D eigenvalue weighted by molar-refractivity contribution is -0.109. The van der Waals surface area contributed by atoms with Crippen LogP contribution in [0.25, 0.3) is 10.9 Å². The van der Waals surface area contributed by atoms with Gasteiger partial charge in [-0.1, -0.05) is 19.8 Å². The molecule has 1 aliphatic heterocycles. The molecular weight excluding hydrogens is 464 g/mol. The van der Waals surface area contributed by atoms with E-state index in [1.165, 1.54) is 18.5 Å². The molecule has 8 heteroatoms. The third-order valence-corrected chi connectivity index (χ3v) is 7.81. The maximum atomic E-state index is 10.8. The van der Waals surface area contributed by atoms with Gasteiger partial charge in [-0.25, -0.2) is 9.97 Å². The van der Waals surface area contributed by atoms with Crippen molar-refractivity contribution >= 4 is 34.5 Å². The fourth-order valence-electron chi connectivity index (χ4n) is 5.89. The number of hydrogen-bond acceptors (Lipinski definition) is 8. The second kappa shape index (κ2) is 11.4. The zero-order valence-corrected chi connectivity index (χ0v) is 21.6. The van der Waals surface area contributed by atoms with Crippen LogP contribution < -0.4 is 16.0 Å². The lowest BCUT2D eigenvalue weighted by atomic mass is 9.94. The fourth-order valence-corrected chi connectivity index (χ4v) is 5.89. The van der Waals surface area contributed by atoms with E-state index in [9.17, 15) is 9.90 Å². The molecule has 2 aromatic carbocycles. The quantitative estimate of drug-likeness (QED) is 0.369. The molecule has 0 bridgehead atoms. The van der Waals surface area contributed by atoms with Crippen LogP contribution in [-0.2, 0) is 4.79 Å². The van der Waals surface area contributed by atoms with Crippen molar-refractivity contribution in [2.45, 2.75) is 51.0 Å². The second-order valence-corrected chi connectivity index (χ2v) is 10.7. The summed E-state index contributed by atoms with van der Waals surface area (Å²) in [7, 11) is 0. The van der Waals surface area contributed by atoms with Gasteiger partial charge in [-0.2, -0.15) is 0 Å². The number of nitrogens with one attached hydrogen (secondary N) is 1. The average molecular weight is 503 g/mol. The highest BCUT2D eigenvalue weighted by Gasteiger charge is 2.24. The molecule has 2 fully saturated rings. The van der Waals surface area contributed by atoms with Crippen LogP contribution in [-0.4, -0.2) is 65.0 Å². The molecule has 2 heterocycles. The van der Waals surface area contributed by atoms with E-state index < -0.39 is 0 Å². The van der Waals surface area contributed by atoms with E-state index in [1.54, 1.807) is 6.07 Å². The minimum Gasteiger partial charge on any atom is -0.508 e. The summed E-state index contributed by atoms with van der Waals surface area (Å²) in [6.45, 7) is 7.09. The number of nitrogens with zero attached hydrogens (tertiary/aromatic N) is 4. The van der Waals surface area contributed by atoms with Gasteiger partial charge in [-0.15, -0.1) is 0 Å². The number of anilines is 3. The Balaban J connectivity index is 1.21. The largest absolute Gasteiger partial charge is 0.508 e. The molecule has 1 aliphatic carbocycles. The molecule has 4 N–H and O–H groups in total. The third kappa shape index (κ3) is 6.02. The van der Waals surface area contributed by atoms with Gasteiger partial charge in [0.15, 0.2) is 0 Å². The van der Waals surface area contributed by atoms with Gasteiger partial charge in [0.25, 0.3) is 0 Å². The Hall–Kier alpha value is -3.23. The molecule has 0 radical (unpaired) electrons. The zero-order valence-electron chi connectivity index (χ0n) is 21.6. The Labute approximate surface area is 218 Å². The van der Waals surface area contributed by atoms with Crippen LogP contribution in [0.15, 0.2) is 42.6 Å². The average Bonchev–Trinajstić information content (AvgIpc) is 3.44. The molecule has 2 unspecified atom stereocenters. The van der Waals surface area contributed by atoms with E-state index in [0.717, 1.165) is 80.4 Å². The van der Waals surface area contributed by atoms with Crippen molar-refractivity contribution in [3.63, 3.8) is 0 Å². The summed E-state index contributed by atoms with van der Waals surface area (Å²) < 4.78 is 0. The number of aldehydes is 1.